The molecule has 0 unspecified atom stereocenters. The largest absolute Gasteiger partial charge is 0.494 e. The summed E-state index contributed by atoms with van der Waals surface area (Å²) in [4.78, 5) is 22.5. The van der Waals surface area contributed by atoms with Crippen LogP contribution in [-0.2, 0) is 4.79 Å². The summed E-state index contributed by atoms with van der Waals surface area (Å²) in [6.07, 6.45) is 3.66. The summed E-state index contributed by atoms with van der Waals surface area (Å²) in [5.74, 6) is 0.172. The molecule has 1 N–H and O–H groups in total. The molecule has 1 aromatic rings. The smallest absolute Gasteiger partial charge is 0.273 e. The van der Waals surface area contributed by atoms with Crippen molar-refractivity contribution >= 4 is 17.3 Å². The van der Waals surface area contributed by atoms with Crippen molar-refractivity contribution in [1.29, 1.82) is 0 Å². The van der Waals surface area contributed by atoms with Gasteiger partial charge in [-0.1, -0.05) is 26.7 Å². The predicted molar refractivity (Wildman–Crippen MR) is 81.6 cm³/mol. The number of methoxy groups -OCH3 is 1. The van der Waals surface area contributed by atoms with Crippen LogP contribution in [0.25, 0.3) is 0 Å². The van der Waals surface area contributed by atoms with Gasteiger partial charge in [-0.3, -0.25) is 14.9 Å². The first-order valence-corrected chi connectivity index (χ1v) is 7.16. The molecule has 0 saturated carbocycles. The summed E-state index contributed by atoms with van der Waals surface area (Å²) in [6, 6.07) is 4.16. The lowest BCUT2D eigenvalue weighted by Crippen LogP contribution is -2.22. The Kier molecular flexibility index (Phi) is 6.65. The minimum atomic E-state index is -0.496. The van der Waals surface area contributed by atoms with Crippen LogP contribution in [0.5, 0.6) is 5.75 Å². The Morgan fingerprint density at radius 2 is 2.14 bits per heavy atom. The van der Waals surface area contributed by atoms with Gasteiger partial charge >= 0.3 is 0 Å². The van der Waals surface area contributed by atoms with Crippen molar-refractivity contribution in [2.45, 2.75) is 39.5 Å². The summed E-state index contributed by atoms with van der Waals surface area (Å²) in [5.41, 5.74) is 0.394. The third-order valence-corrected chi connectivity index (χ3v) is 3.42. The number of carbonyl (C=O) groups excluding carboxylic acids is 1. The molecular weight excluding hydrogens is 272 g/mol. The van der Waals surface area contributed by atoms with E-state index < -0.39 is 4.92 Å². The lowest BCUT2D eigenvalue weighted by molar-refractivity contribution is -0.384. The van der Waals surface area contributed by atoms with Gasteiger partial charge in [0.15, 0.2) is 0 Å². The van der Waals surface area contributed by atoms with E-state index in [2.05, 4.69) is 12.2 Å². The summed E-state index contributed by atoms with van der Waals surface area (Å²) < 4.78 is 5.11. The van der Waals surface area contributed by atoms with E-state index in [9.17, 15) is 14.9 Å². The molecule has 0 aliphatic heterocycles. The highest BCUT2D eigenvalue weighted by Crippen LogP contribution is 2.29. The highest BCUT2D eigenvalue weighted by Gasteiger charge is 2.18. The summed E-state index contributed by atoms with van der Waals surface area (Å²) in [6.45, 7) is 4.07. The second-order valence-electron chi connectivity index (χ2n) is 4.88. The average Bonchev–Trinajstić information content (AvgIpc) is 2.48. The molecule has 0 saturated heterocycles. The van der Waals surface area contributed by atoms with Gasteiger partial charge in [0.1, 0.15) is 5.75 Å². The maximum Gasteiger partial charge on any atom is 0.273 e. The van der Waals surface area contributed by atoms with Gasteiger partial charge in [-0.25, -0.2) is 0 Å². The topological polar surface area (TPSA) is 81.5 Å². The summed E-state index contributed by atoms with van der Waals surface area (Å²) >= 11 is 0. The molecule has 0 fully saturated rings. The number of hydrogen-bond acceptors (Lipinski definition) is 4. The number of ether oxygens (including phenoxy) is 1. The fourth-order valence-corrected chi connectivity index (χ4v) is 2.10. The minimum absolute atomic E-state index is 0.0511. The number of nitro benzene ring substituents is 1. The second-order valence-corrected chi connectivity index (χ2v) is 4.88. The molecule has 0 radical (unpaired) electrons. The van der Waals surface area contributed by atoms with Crippen LogP contribution in [0.4, 0.5) is 11.4 Å². The monoisotopic (exact) mass is 294 g/mol. The van der Waals surface area contributed by atoms with E-state index in [-0.39, 0.29) is 17.5 Å². The minimum Gasteiger partial charge on any atom is -0.494 e. The van der Waals surface area contributed by atoms with E-state index in [0.29, 0.717) is 11.4 Å². The SMILES string of the molecule is CCCC[C@@H](CC)C(=O)Nc1ccc([N+](=O)[O-])cc1OC. The van der Waals surface area contributed by atoms with Crippen molar-refractivity contribution in [2.75, 3.05) is 12.4 Å². The number of non-ortho nitro benzene ring substituents is 1. The Labute approximate surface area is 124 Å². The normalized spacial score (nSPS) is 11.8. The Balaban J connectivity index is 2.86. The van der Waals surface area contributed by atoms with Crippen LogP contribution in [0.1, 0.15) is 39.5 Å². The maximum absolute atomic E-state index is 12.2. The fraction of sp³-hybridized carbons (Fsp3) is 0.533. The summed E-state index contributed by atoms with van der Waals surface area (Å²) in [7, 11) is 1.42. The van der Waals surface area contributed by atoms with Crippen LogP contribution in [0.2, 0.25) is 0 Å². The van der Waals surface area contributed by atoms with Gasteiger partial charge in [0.05, 0.1) is 23.8 Å². The van der Waals surface area contributed by atoms with E-state index in [1.807, 2.05) is 6.92 Å². The molecule has 0 aliphatic carbocycles. The number of rotatable bonds is 8. The zero-order valence-corrected chi connectivity index (χ0v) is 12.7. The number of anilines is 1. The first kappa shape index (κ1) is 16.9. The molecule has 0 bridgehead atoms. The van der Waals surface area contributed by atoms with Gasteiger partial charge in [-0.2, -0.15) is 0 Å². The number of benzene rings is 1. The van der Waals surface area contributed by atoms with Crippen molar-refractivity contribution in [2.24, 2.45) is 5.92 Å². The molecule has 1 rings (SSSR count). The standard InChI is InChI=1S/C15H22N2O4/c1-4-6-7-11(5-2)15(18)16-13-9-8-12(17(19)20)10-14(13)21-3/h8-11H,4-7H2,1-3H3,(H,16,18)/t11-/m1/s1. The molecule has 1 atom stereocenters. The number of nitrogens with zero attached hydrogens (tertiary/aromatic N) is 1. The Morgan fingerprint density at radius 3 is 2.67 bits per heavy atom. The van der Waals surface area contributed by atoms with Gasteiger partial charge in [0.2, 0.25) is 5.91 Å². The lowest BCUT2D eigenvalue weighted by Gasteiger charge is -2.16. The van der Waals surface area contributed by atoms with Crippen LogP contribution in [0, 0.1) is 16.0 Å². The van der Waals surface area contributed by atoms with E-state index in [1.165, 1.54) is 25.3 Å². The van der Waals surface area contributed by atoms with E-state index >= 15 is 0 Å². The Morgan fingerprint density at radius 1 is 1.43 bits per heavy atom. The van der Waals surface area contributed by atoms with Gasteiger partial charge in [-0.05, 0) is 18.9 Å². The van der Waals surface area contributed by atoms with Crippen LogP contribution in [0.15, 0.2) is 18.2 Å². The molecule has 0 aromatic heterocycles. The molecule has 6 heteroatoms. The highest BCUT2D eigenvalue weighted by atomic mass is 16.6. The third-order valence-electron chi connectivity index (χ3n) is 3.42. The van der Waals surface area contributed by atoms with Gasteiger partial charge in [0.25, 0.3) is 5.69 Å². The van der Waals surface area contributed by atoms with Crippen LogP contribution in [0.3, 0.4) is 0 Å². The molecule has 1 aromatic carbocycles. The average molecular weight is 294 g/mol. The number of amides is 1. The third kappa shape index (κ3) is 4.73. The molecule has 116 valence electrons. The fourth-order valence-electron chi connectivity index (χ4n) is 2.10. The number of nitrogens with one attached hydrogen (secondary N) is 1. The van der Waals surface area contributed by atoms with Crippen molar-refractivity contribution < 1.29 is 14.5 Å². The molecule has 1 amide bonds. The number of unbranched alkanes of at least 4 members (excludes halogenated alkanes) is 1. The first-order chi connectivity index (χ1) is 10.0. The number of hydrogen-bond donors (Lipinski definition) is 1. The molecule has 21 heavy (non-hydrogen) atoms. The van der Waals surface area contributed by atoms with Crippen molar-refractivity contribution in [1.82, 2.24) is 0 Å². The Bertz CT molecular complexity index is 502. The molecule has 0 spiro atoms. The predicted octanol–water partition coefficient (Wildman–Crippen LogP) is 3.76. The zero-order valence-electron chi connectivity index (χ0n) is 12.7. The molecular formula is C15H22N2O4. The molecule has 0 heterocycles. The van der Waals surface area contributed by atoms with Gasteiger partial charge in [0, 0.05) is 12.0 Å². The first-order valence-electron chi connectivity index (χ1n) is 7.16. The van der Waals surface area contributed by atoms with Crippen LogP contribution >= 0.6 is 0 Å². The van der Waals surface area contributed by atoms with Crippen LogP contribution in [-0.4, -0.2) is 17.9 Å². The van der Waals surface area contributed by atoms with E-state index in [1.54, 1.807) is 0 Å². The van der Waals surface area contributed by atoms with Crippen molar-refractivity contribution in [3.05, 3.63) is 28.3 Å². The summed E-state index contributed by atoms with van der Waals surface area (Å²) in [5, 5.41) is 13.5. The van der Waals surface area contributed by atoms with E-state index in [0.717, 1.165) is 25.7 Å². The lowest BCUT2D eigenvalue weighted by atomic mass is 9.98. The quantitative estimate of drug-likeness (QED) is 0.584. The Hall–Kier alpha value is -2.11. The van der Waals surface area contributed by atoms with Crippen molar-refractivity contribution in [3.8, 4) is 5.75 Å². The molecule has 6 nitrogen and oxygen atoms in total. The van der Waals surface area contributed by atoms with Gasteiger partial charge < -0.3 is 10.1 Å². The highest BCUT2D eigenvalue weighted by molar-refractivity contribution is 5.94. The zero-order chi connectivity index (χ0) is 15.8. The van der Waals surface area contributed by atoms with Crippen LogP contribution < -0.4 is 10.1 Å². The van der Waals surface area contributed by atoms with Crippen molar-refractivity contribution in [3.63, 3.8) is 0 Å². The second kappa shape index (κ2) is 8.24. The maximum atomic E-state index is 12.2. The van der Waals surface area contributed by atoms with Gasteiger partial charge in [-0.15, -0.1) is 0 Å². The number of nitro groups is 1. The molecule has 0 aliphatic rings. The number of carbonyl (C=O) groups is 1. The van der Waals surface area contributed by atoms with E-state index in [4.69, 9.17) is 4.74 Å².